The van der Waals surface area contributed by atoms with E-state index in [-0.39, 0.29) is 5.92 Å². The van der Waals surface area contributed by atoms with Crippen LogP contribution in [0.2, 0.25) is 0 Å². The van der Waals surface area contributed by atoms with Crippen molar-refractivity contribution in [2.75, 3.05) is 6.54 Å². The van der Waals surface area contributed by atoms with Gasteiger partial charge in [-0.2, -0.15) is 0 Å². The number of allylic oxidation sites excluding steroid dienone is 2. The van der Waals surface area contributed by atoms with E-state index < -0.39 is 5.97 Å². The van der Waals surface area contributed by atoms with Crippen LogP contribution >= 0.6 is 0 Å². The SMILES string of the molecule is O=C(O)C1CCC(NCC2CC3C=CC2CC3)CC1. The van der Waals surface area contributed by atoms with Gasteiger partial charge in [-0.15, -0.1) is 0 Å². The molecule has 0 heterocycles. The van der Waals surface area contributed by atoms with Crippen molar-refractivity contribution in [2.24, 2.45) is 23.7 Å². The number of aliphatic carboxylic acids is 1. The molecule has 4 aliphatic carbocycles. The molecular weight excluding hydrogens is 238 g/mol. The number of carboxylic acids is 1. The minimum absolute atomic E-state index is 0.0910. The quantitative estimate of drug-likeness (QED) is 0.767. The van der Waals surface area contributed by atoms with Crippen LogP contribution in [0.25, 0.3) is 0 Å². The molecule has 19 heavy (non-hydrogen) atoms. The Hall–Kier alpha value is -0.830. The highest BCUT2D eigenvalue weighted by Crippen LogP contribution is 2.40. The lowest BCUT2D eigenvalue weighted by molar-refractivity contribution is -0.142. The molecule has 3 atom stereocenters. The second kappa shape index (κ2) is 5.66. The van der Waals surface area contributed by atoms with Crippen LogP contribution < -0.4 is 5.32 Å². The van der Waals surface area contributed by atoms with E-state index in [1.165, 1.54) is 19.3 Å². The lowest BCUT2D eigenvalue weighted by Crippen LogP contribution is -2.41. The lowest BCUT2D eigenvalue weighted by Gasteiger charge is -2.39. The van der Waals surface area contributed by atoms with E-state index in [1.54, 1.807) is 0 Å². The van der Waals surface area contributed by atoms with Crippen LogP contribution in [-0.4, -0.2) is 23.7 Å². The molecule has 0 aromatic carbocycles. The van der Waals surface area contributed by atoms with Gasteiger partial charge in [0.25, 0.3) is 0 Å². The first-order valence-corrected chi connectivity index (χ1v) is 7.87. The van der Waals surface area contributed by atoms with Crippen molar-refractivity contribution in [1.82, 2.24) is 5.32 Å². The third-order valence-corrected chi connectivity index (χ3v) is 5.46. The summed E-state index contributed by atoms with van der Waals surface area (Å²) in [6.45, 7) is 1.13. The molecule has 0 aliphatic heterocycles. The highest BCUT2D eigenvalue weighted by atomic mass is 16.4. The molecule has 3 nitrogen and oxygen atoms in total. The third-order valence-electron chi connectivity index (χ3n) is 5.46. The first-order chi connectivity index (χ1) is 9.22. The monoisotopic (exact) mass is 263 g/mol. The van der Waals surface area contributed by atoms with Gasteiger partial charge in [-0.05, 0) is 69.2 Å². The number of fused-ring (bicyclic) bond motifs is 2. The summed E-state index contributed by atoms with van der Waals surface area (Å²) in [5, 5.41) is 12.7. The number of rotatable bonds is 4. The summed E-state index contributed by atoms with van der Waals surface area (Å²) < 4.78 is 0. The van der Waals surface area contributed by atoms with Crippen molar-refractivity contribution in [3.63, 3.8) is 0 Å². The average Bonchev–Trinajstić information content (AvgIpc) is 2.47. The number of carboxylic acid groups (broad SMARTS) is 1. The summed E-state index contributed by atoms with van der Waals surface area (Å²) in [5.74, 6) is 1.76. The summed E-state index contributed by atoms with van der Waals surface area (Å²) in [6, 6.07) is 0.556. The Kier molecular flexibility index (Phi) is 3.92. The van der Waals surface area contributed by atoms with E-state index in [0.717, 1.165) is 50.0 Å². The van der Waals surface area contributed by atoms with Gasteiger partial charge >= 0.3 is 5.97 Å². The summed E-state index contributed by atoms with van der Waals surface area (Å²) >= 11 is 0. The zero-order valence-corrected chi connectivity index (χ0v) is 11.6. The molecular formula is C16H25NO2. The van der Waals surface area contributed by atoms with E-state index >= 15 is 0 Å². The van der Waals surface area contributed by atoms with Gasteiger partial charge in [0, 0.05) is 6.04 Å². The van der Waals surface area contributed by atoms with E-state index in [0.29, 0.717) is 6.04 Å². The highest BCUT2D eigenvalue weighted by molar-refractivity contribution is 5.70. The largest absolute Gasteiger partial charge is 0.481 e. The van der Waals surface area contributed by atoms with Crippen molar-refractivity contribution in [3.05, 3.63) is 12.2 Å². The maximum Gasteiger partial charge on any atom is 0.306 e. The topological polar surface area (TPSA) is 49.3 Å². The number of hydrogen-bond donors (Lipinski definition) is 2. The van der Waals surface area contributed by atoms with Crippen molar-refractivity contribution < 1.29 is 9.90 Å². The van der Waals surface area contributed by atoms with Crippen LogP contribution in [0.5, 0.6) is 0 Å². The van der Waals surface area contributed by atoms with Crippen molar-refractivity contribution in [2.45, 2.75) is 51.0 Å². The molecule has 0 saturated heterocycles. The first kappa shape index (κ1) is 13.2. The number of nitrogens with one attached hydrogen (secondary N) is 1. The van der Waals surface area contributed by atoms with Crippen molar-refractivity contribution >= 4 is 5.97 Å². The van der Waals surface area contributed by atoms with Gasteiger partial charge in [-0.3, -0.25) is 4.79 Å². The van der Waals surface area contributed by atoms with Gasteiger partial charge < -0.3 is 10.4 Å². The second-order valence-corrected chi connectivity index (χ2v) is 6.68. The summed E-state index contributed by atoms with van der Waals surface area (Å²) in [5.41, 5.74) is 0. The Morgan fingerprint density at radius 2 is 1.89 bits per heavy atom. The van der Waals surface area contributed by atoms with Crippen LogP contribution in [-0.2, 0) is 4.79 Å². The van der Waals surface area contributed by atoms with Crippen molar-refractivity contribution in [1.29, 1.82) is 0 Å². The molecule has 3 heteroatoms. The number of hydrogen-bond acceptors (Lipinski definition) is 2. The van der Waals surface area contributed by atoms with Crippen LogP contribution in [0.1, 0.15) is 44.9 Å². The fourth-order valence-electron chi connectivity index (χ4n) is 4.15. The highest BCUT2D eigenvalue weighted by Gasteiger charge is 2.32. The van der Waals surface area contributed by atoms with E-state index in [2.05, 4.69) is 17.5 Å². The molecule has 4 aliphatic rings. The van der Waals surface area contributed by atoms with Crippen LogP contribution in [0.3, 0.4) is 0 Å². The predicted octanol–water partition coefficient (Wildman–Crippen LogP) is 2.82. The Morgan fingerprint density at radius 3 is 2.42 bits per heavy atom. The smallest absolute Gasteiger partial charge is 0.306 e. The second-order valence-electron chi connectivity index (χ2n) is 6.68. The molecule has 0 spiro atoms. The molecule has 3 unspecified atom stereocenters. The normalized spacial score (nSPS) is 41.4. The molecule has 0 aromatic rings. The lowest BCUT2D eigenvalue weighted by atomic mass is 9.69. The standard InChI is InChI=1S/C16H25NO2/c18-16(19)13-5-7-15(8-6-13)17-10-14-9-11-1-3-12(14)4-2-11/h1,3,11-15,17H,2,4-10H2,(H,18,19). The van der Waals surface area contributed by atoms with E-state index in [1.807, 2.05) is 0 Å². The molecule has 106 valence electrons. The zero-order chi connectivity index (χ0) is 13.2. The maximum absolute atomic E-state index is 10.9. The minimum Gasteiger partial charge on any atom is -0.481 e. The fraction of sp³-hybridized carbons (Fsp3) is 0.812. The van der Waals surface area contributed by atoms with E-state index in [9.17, 15) is 4.79 Å². The molecule has 2 bridgehead atoms. The Morgan fingerprint density at radius 1 is 1.11 bits per heavy atom. The van der Waals surface area contributed by atoms with Gasteiger partial charge in [0.15, 0.2) is 0 Å². The van der Waals surface area contributed by atoms with Gasteiger partial charge in [0.05, 0.1) is 5.92 Å². The molecule has 0 aromatic heterocycles. The zero-order valence-electron chi connectivity index (χ0n) is 11.6. The number of carbonyl (C=O) groups is 1. The Balaban J connectivity index is 1.42. The summed E-state index contributed by atoms with van der Waals surface area (Å²) in [4.78, 5) is 10.9. The third kappa shape index (κ3) is 3.02. The Bertz CT molecular complexity index is 358. The fourth-order valence-corrected chi connectivity index (χ4v) is 4.15. The van der Waals surface area contributed by atoms with Gasteiger partial charge in [0.1, 0.15) is 0 Å². The molecule has 0 radical (unpaired) electrons. The van der Waals surface area contributed by atoms with Gasteiger partial charge in [0.2, 0.25) is 0 Å². The maximum atomic E-state index is 10.9. The minimum atomic E-state index is -0.604. The van der Waals surface area contributed by atoms with Crippen LogP contribution in [0, 0.1) is 23.7 Å². The van der Waals surface area contributed by atoms with Gasteiger partial charge in [-0.25, -0.2) is 0 Å². The molecule has 0 amide bonds. The molecule has 2 saturated carbocycles. The molecule has 4 rings (SSSR count). The average molecular weight is 263 g/mol. The predicted molar refractivity (Wildman–Crippen MR) is 74.8 cm³/mol. The first-order valence-electron chi connectivity index (χ1n) is 7.87. The summed E-state index contributed by atoms with van der Waals surface area (Å²) in [7, 11) is 0. The molecule has 2 fully saturated rings. The Labute approximate surface area is 115 Å². The summed E-state index contributed by atoms with van der Waals surface area (Å²) in [6.07, 6.45) is 12.8. The molecule has 2 N–H and O–H groups in total. The van der Waals surface area contributed by atoms with Crippen LogP contribution in [0.15, 0.2) is 12.2 Å². The van der Waals surface area contributed by atoms with E-state index in [4.69, 9.17) is 5.11 Å². The van der Waals surface area contributed by atoms with Crippen molar-refractivity contribution in [3.8, 4) is 0 Å². The van der Waals surface area contributed by atoms with Gasteiger partial charge in [-0.1, -0.05) is 12.2 Å². The van der Waals surface area contributed by atoms with Crippen LogP contribution in [0.4, 0.5) is 0 Å².